The smallest absolute Gasteiger partial charge is 0.208 e. The first-order valence-electron chi connectivity index (χ1n) is 10.1. The highest BCUT2D eigenvalue weighted by atomic mass is 32.2. The van der Waals surface area contributed by atoms with E-state index in [0.717, 1.165) is 17.1 Å². The molecule has 0 atom stereocenters. The molecule has 5 rings (SSSR count). The van der Waals surface area contributed by atoms with Crippen molar-refractivity contribution in [1.82, 2.24) is 4.98 Å². The van der Waals surface area contributed by atoms with E-state index in [9.17, 15) is 8.42 Å². The Bertz CT molecular complexity index is 1310. The standard InChI is InChI=1S/C26H22N2O2S/c1-26(2)22-9-3-5-11-24(22)28(25-12-6-4-10-23(25)26)19-13-15-20(16-14-19)31(29,30)21-8-7-17-27-18-21/h3-18H,1-2H3. The minimum absolute atomic E-state index is 0.132. The molecule has 1 aliphatic heterocycles. The maximum atomic E-state index is 12.9. The molecule has 4 aromatic rings. The van der Waals surface area contributed by atoms with E-state index in [2.05, 4.69) is 60.1 Å². The first-order valence-corrected chi connectivity index (χ1v) is 11.6. The van der Waals surface area contributed by atoms with Gasteiger partial charge in [0.15, 0.2) is 0 Å². The number of pyridine rings is 1. The predicted octanol–water partition coefficient (Wildman–Crippen LogP) is 6.02. The van der Waals surface area contributed by atoms with Gasteiger partial charge in [-0.05, 0) is 59.7 Å². The molecule has 0 amide bonds. The Morgan fingerprint density at radius 3 is 1.84 bits per heavy atom. The van der Waals surface area contributed by atoms with E-state index in [1.54, 1.807) is 30.5 Å². The van der Waals surface area contributed by atoms with E-state index in [1.807, 2.05) is 24.3 Å². The fraction of sp³-hybridized carbons (Fsp3) is 0.115. The molecule has 154 valence electrons. The Hall–Kier alpha value is -3.44. The lowest BCUT2D eigenvalue weighted by molar-refractivity contribution is 0.595. The number of nitrogens with zero attached hydrogens (tertiary/aromatic N) is 2. The van der Waals surface area contributed by atoms with Gasteiger partial charge in [-0.2, -0.15) is 0 Å². The van der Waals surface area contributed by atoms with Gasteiger partial charge in [0.25, 0.3) is 0 Å². The molecular weight excluding hydrogens is 404 g/mol. The minimum atomic E-state index is -3.61. The van der Waals surface area contributed by atoms with E-state index in [4.69, 9.17) is 0 Å². The Labute approximate surface area is 182 Å². The zero-order valence-corrected chi connectivity index (χ0v) is 18.2. The molecule has 3 aromatic carbocycles. The Balaban J connectivity index is 1.64. The summed E-state index contributed by atoms with van der Waals surface area (Å²) in [5.41, 5.74) is 5.47. The quantitative estimate of drug-likeness (QED) is 0.402. The molecule has 0 saturated carbocycles. The number of sulfone groups is 1. The van der Waals surface area contributed by atoms with E-state index in [1.165, 1.54) is 17.3 Å². The Morgan fingerprint density at radius 2 is 1.29 bits per heavy atom. The number of aromatic nitrogens is 1. The highest BCUT2D eigenvalue weighted by Gasteiger charge is 2.36. The molecule has 0 aliphatic carbocycles. The van der Waals surface area contributed by atoms with Crippen LogP contribution in [0.2, 0.25) is 0 Å². The third kappa shape index (κ3) is 3.04. The lowest BCUT2D eigenvalue weighted by Gasteiger charge is -2.42. The average Bonchev–Trinajstić information content (AvgIpc) is 2.80. The second kappa shape index (κ2) is 7.06. The van der Waals surface area contributed by atoms with Crippen LogP contribution in [-0.4, -0.2) is 13.4 Å². The molecule has 0 bridgehead atoms. The van der Waals surface area contributed by atoms with Crippen molar-refractivity contribution in [2.45, 2.75) is 29.1 Å². The molecule has 1 aliphatic rings. The van der Waals surface area contributed by atoms with Gasteiger partial charge < -0.3 is 4.90 Å². The molecule has 0 saturated heterocycles. The molecule has 4 nitrogen and oxygen atoms in total. The van der Waals surface area contributed by atoms with Gasteiger partial charge in [-0.15, -0.1) is 0 Å². The van der Waals surface area contributed by atoms with Gasteiger partial charge in [0, 0.05) is 23.5 Å². The van der Waals surface area contributed by atoms with Crippen LogP contribution >= 0.6 is 0 Å². The van der Waals surface area contributed by atoms with Gasteiger partial charge in [0.2, 0.25) is 9.84 Å². The van der Waals surface area contributed by atoms with Crippen molar-refractivity contribution in [1.29, 1.82) is 0 Å². The maximum absolute atomic E-state index is 12.9. The number of hydrogen-bond acceptors (Lipinski definition) is 4. The molecule has 1 aromatic heterocycles. The van der Waals surface area contributed by atoms with E-state index >= 15 is 0 Å². The van der Waals surface area contributed by atoms with Gasteiger partial charge in [-0.1, -0.05) is 50.2 Å². The number of para-hydroxylation sites is 2. The van der Waals surface area contributed by atoms with Gasteiger partial charge >= 0.3 is 0 Å². The van der Waals surface area contributed by atoms with Gasteiger partial charge in [0.05, 0.1) is 21.2 Å². The van der Waals surface area contributed by atoms with Crippen LogP contribution in [0.1, 0.15) is 25.0 Å². The monoisotopic (exact) mass is 426 g/mol. The molecule has 0 radical (unpaired) electrons. The van der Waals surface area contributed by atoms with Crippen molar-refractivity contribution in [2.24, 2.45) is 0 Å². The van der Waals surface area contributed by atoms with Gasteiger partial charge in [-0.25, -0.2) is 8.42 Å². The summed E-state index contributed by atoms with van der Waals surface area (Å²) in [6.45, 7) is 4.48. The molecule has 0 fully saturated rings. The number of rotatable bonds is 3. The molecule has 2 heterocycles. The van der Waals surface area contributed by atoms with Crippen LogP contribution in [0.15, 0.2) is 107 Å². The largest absolute Gasteiger partial charge is 0.310 e. The number of fused-ring (bicyclic) bond motifs is 2. The van der Waals surface area contributed by atoms with Crippen molar-refractivity contribution < 1.29 is 8.42 Å². The van der Waals surface area contributed by atoms with Crippen molar-refractivity contribution in [3.8, 4) is 0 Å². The van der Waals surface area contributed by atoms with Crippen molar-refractivity contribution >= 4 is 26.9 Å². The summed E-state index contributed by atoms with van der Waals surface area (Å²) >= 11 is 0. The van der Waals surface area contributed by atoms with Crippen LogP contribution in [0, 0.1) is 0 Å². The van der Waals surface area contributed by atoms with E-state index in [0.29, 0.717) is 0 Å². The van der Waals surface area contributed by atoms with Crippen LogP contribution in [-0.2, 0) is 15.3 Å². The van der Waals surface area contributed by atoms with Crippen LogP contribution < -0.4 is 4.90 Å². The third-order valence-corrected chi connectivity index (χ3v) is 7.74. The topological polar surface area (TPSA) is 50.3 Å². The minimum Gasteiger partial charge on any atom is -0.310 e. The molecule has 31 heavy (non-hydrogen) atoms. The summed E-state index contributed by atoms with van der Waals surface area (Å²) in [6.07, 6.45) is 2.94. The zero-order chi connectivity index (χ0) is 21.6. The molecule has 0 unspecified atom stereocenters. The van der Waals surface area contributed by atoms with Gasteiger partial charge in [-0.3, -0.25) is 4.98 Å². The summed E-state index contributed by atoms with van der Waals surface area (Å²) in [5.74, 6) is 0. The summed E-state index contributed by atoms with van der Waals surface area (Å²) in [5, 5.41) is 0. The number of anilines is 3. The van der Waals surface area contributed by atoms with Crippen molar-refractivity contribution in [3.05, 3.63) is 108 Å². The highest BCUT2D eigenvalue weighted by molar-refractivity contribution is 7.91. The summed E-state index contributed by atoms with van der Waals surface area (Å²) in [6, 6.07) is 27.1. The lowest BCUT2D eigenvalue weighted by atomic mass is 9.73. The van der Waals surface area contributed by atoms with Crippen LogP contribution in [0.25, 0.3) is 0 Å². The second-order valence-electron chi connectivity index (χ2n) is 8.18. The molecule has 5 heteroatoms. The molecular formula is C26H22N2O2S. The van der Waals surface area contributed by atoms with Crippen molar-refractivity contribution in [2.75, 3.05) is 4.90 Å². The first kappa shape index (κ1) is 19.5. The molecule has 0 N–H and O–H groups in total. The summed E-state index contributed by atoms with van der Waals surface area (Å²) in [4.78, 5) is 6.59. The normalized spacial score (nSPS) is 14.6. The number of benzene rings is 3. The zero-order valence-electron chi connectivity index (χ0n) is 17.4. The fourth-order valence-corrected chi connectivity index (χ4v) is 5.59. The average molecular weight is 427 g/mol. The lowest BCUT2D eigenvalue weighted by Crippen LogP contribution is -2.30. The van der Waals surface area contributed by atoms with E-state index < -0.39 is 9.84 Å². The predicted molar refractivity (Wildman–Crippen MR) is 123 cm³/mol. The Kier molecular flexibility index (Phi) is 4.45. The third-order valence-electron chi connectivity index (χ3n) is 5.99. The van der Waals surface area contributed by atoms with Crippen LogP contribution in [0.4, 0.5) is 17.1 Å². The first-order chi connectivity index (χ1) is 14.9. The number of hydrogen-bond donors (Lipinski definition) is 0. The van der Waals surface area contributed by atoms with Gasteiger partial charge in [0.1, 0.15) is 0 Å². The highest BCUT2D eigenvalue weighted by Crippen LogP contribution is 2.51. The summed E-state index contributed by atoms with van der Waals surface area (Å²) in [7, 11) is -3.61. The van der Waals surface area contributed by atoms with Crippen LogP contribution in [0.5, 0.6) is 0 Å². The van der Waals surface area contributed by atoms with Crippen LogP contribution in [0.3, 0.4) is 0 Å². The van der Waals surface area contributed by atoms with Crippen molar-refractivity contribution in [3.63, 3.8) is 0 Å². The summed E-state index contributed by atoms with van der Waals surface area (Å²) < 4.78 is 25.9. The second-order valence-corrected chi connectivity index (χ2v) is 10.1. The Morgan fingerprint density at radius 1 is 0.710 bits per heavy atom. The maximum Gasteiger partial charge on any atom is 0.208 e. The van der Waals surface area contributed by atoms with E-state index in [-0.39, 0.29) is 15.2 Å². The SMILES string of the molecule is CC1(C)c2ccccc2N(c2ccc(S(=O)(=O)c3cccnc3)cc2)c2ccccc21. The molecule has 0 spiro atoms. The fourth-order valence-electron chi connectivity index (χ4n) is 4.36.